The van der Waals surface area contributed by atoms with Crippen LogP contribution >= 0.6 is 0 Å². The first kappa shape index (κ1) is 14.1. The molecule has 7 nitrogen and oxygen atoms in total. The van der Waals surface area contributed by atoms with Crippen molar-refractivity contribution in [1.29, 1.82) is 0 Å². The van der Waals surface area contributed by atoms with Crippen LogP contribution in [0.15, 0.2) is 18.6 Å². The second kappa shape index (κ2) is 5.77. The van der Waals surface area contributed by atoms with Gasteiger partial charge >= 0.3 is 0 Å². The lowest BCUT2D eigenvalue weighted by atomic mass is 10.2. The van der Waals surface area contributed by atoms with Crippen LogP contribution in [0.5, 0.6) is 0 Å². The Balaban J connectivity index is 1.98. The minimum absolute atomic E-state index is 0.0169. The molecule has 2 rings (SSSR count). The number of carbonyl (C=O) groups is 1. The average Bonchev–Trinajstić information content (AvgIpc) is 2.96. The van der Waals surface area contributed by atoms with E-state index >= 15 is 0 Å². The summed E-state index contributed by atoms with van der Waals surface area (Å²) in [5.41, 5.74) is 8.14. The van der Waals surface area contributed by atoms with Crippen molar-refractivity contribution in [2.24, 2.45) is 0 Å². The number of likely N-dealkylation sites (N-methyl/N-ethyl adjacent to an activating group) is 1. The summed E-state index contributed by atoms with van der Waals surface area (Å²) in [5, 5.41) is 8.38. The molecule has 20 heavy (non-hydrogen) atoms. The van der Waals surface area contributed by atoms with Crippen molar-refractivity contribution in [3.05, 3.63) is 29.8 Å². The van der Waals surface area contributed by atoms with E-state index in [2.05, 4.69) is 10.2 Å². The predicted molar refractivity (Wildman–Crippen MR) is 75.8 cm³/mol. The highest BCUT2D eigenvalue weighted by Crippen LogP contribution is 2.09. The molecule has 0 radical (unpaired) electrons. The number of aromatic nitrogens is 4. The number of nitrogens with zero attached hydrogens (tertiary/aromatic N) is 5. The summed E-state index contributed by atoms with van der Waals surface area (Å²) in [7, 11) is 1.78. The highest BCUT2D eigenvalue weighted by molar-refractivity contribution is 5.75. The lowest BCUT2D eigenvalue weighted by molar-refractivity contribution is -0.131. The second-order valence-corrected chi connectivity index (χ2v) is 4.82. The molecule has 0 spiro atoms. The summed E-state index contributed by atoms with van der Waals surface area (Å²) in [6.07, 6.45) is 5.15. The van der Waals surface area contributed by atoms with Crippen LogP contribution in [0, 0.1) is 6.92 Å². The molecule has 2 N–H and O–H groups in total. The van der Waals surface area contributed by atoms with E-state index in [1.54, 1.807) is 18.1 Å². The zero-order chi connectivity index (χ0) is 14.7. The maximum absolute atomic E-state index is 12.1. The van der Waals surface area contributed by atoms with Gasteiger partial charge in [-0.2, -0.15) is 10.2 Å². The Morgan fingerprint density at radius 2 is 2.15 bits per heavy atom. The van der Waals surface area contributed by atoms with E-state index in [0.717, 1.165) is 17.8 Å². The van der Waals surface area contributed by atoms with Crippen molar-refractivity contribution in [3.8, 4) is 0 Å². The summed E-state index contributed by atoms with van der Waals surface area (Å²) >= 11 is 0. The van der Waals surface area contributed by atoms with E-state index in [1.807, 2.05) is 24.7 Å². The van der Waals surface area contributed by atoms with Gasteiger partial charge in [0.25, 0.3) is 0 Å². The van der Waals surface area contributed by atoms with E-state index in [9.17, 15) is 4.79 Å². The fraction of sp³-hybridized carbons (Fsp3) is 0.462. The molecule has 0 aliphatic rings. The third kappa shape index (κ3) is 3.17. The summed E-state index contributed by atoms with van der Waals surface area (Å²) in [5.74, 6) is -0.0169. The Labute approximate surface area is 118 Å². The molecule has 2 heterocycles. The quantitative estimate of drug-likeness (QED) is 0.869. The number of hydrogen-bond donors (Lipinski definition) is 1. The zero-order valence-electron chi connectivity index (χ0n) is 12.1. The molecular formula is C13H20N6O. The summed E-state index contributed by atoms with van der Waals surface area (Å²) in [6.45, 7) is 5.54. The van der Waals surface area contributed by atoms with E-state index in [-0.39, 0.29) is 12.5 Å². The van der Waals surface area contributed by atoms with Gasteiger partial charge in [0.1, 0.15) is 6.54 Å². The van der Waals surface area contributed by atoms with Crippen molar-refractivity contribution in [1.82, 2.24) is 24.5 Å². The molecule has 7 heteroatoms. The molecule has 0 aliphatic heterocycles. The topological polar surface area (TPSA) is 82.0 Å². The van der Waals surface area contributed by atoms with E-state index in [0.29, 0.717) is 12.2 Å². The third-order valence-corrected chi connectivity index (χ3v) is 3.16. The Morgan fingerprint density at radius 3 is 2.70 bits per heavy atom. The molecule has 2 aromatic heterocycles. The fourth-order valence-corrected chi connectivity index (χ4v) is 1.95. The number of amides is 1. The van der Waals surface area contributed by atoms with Gasteiger partial charge in [-0.25, -0.2) is 0 Å². The number of carbonyl (C=O) groups excluding carboxylic acids is 1. The Bertz CT molecular complexity index is 600. The van der Waals surface area contributed by atoms with Crippen molar-refractivity contribution in [2.75, 3.05) is 12.8 Å². The van der Waals surface area contributed by atoms with Gasteiger partial charge in [0.05, 0.1) is 17.6 Å². The number of hydrogen-bond acceptors (Lipinski definition) is 4. The van der Waals surface area contributed by atoms with Crippen molar-refractivity contribution in [3.63, 3.8) is 0 Å². The Morgan fingerprint density at radius 1 is 1.40 bits per heavy atom. The van der Waals surface area contributed by atoms with Crippen molar-refractivity contribution >= 4 is 11.6 Å². The fourth-order valence-electron chi connectivity index (χ4n) is 1.95. The smallest absolute Gasteiger partial charge is 0.244 e. The first-order valence-electron chi connectivity index (χ1n) is 6.54. The van der Waals surface area contributed by atoms with Gasteiger partial charge in [-0.05, 0) is 13.8 Å². The van der Waals surface area contributed by atoms with Gasteiger partial charge < -0.3 is 10.6 Å². The van der Waals surface area contributed by atoms with Crippen LogP contribution in [0.3, 0.4) is 0 Å². The number of anilines is 1. The largest absolute Gasteiger partial charge is 0.396 e. The van der Waals surface area contributed by atoms with E-state index < -0.39 is 0 Å². The summed E-state index contributed by atoms with van der Waals surface area (Å²) < 4.78 is 3.41. The van der Waals surface area contributed by atoms with Gasteiger partial charge in [-0.15, -0.1) is 0 Å². The molecule has 0 atom stereocenters. The van der Waals surface area contributed by atoms with Crippen LogP contribution in [0.2, 0.25) is 0 Å². The molecule has 0 aromatic carbocycles. The SMILES string of the molecule is CCn1cc(CN(C)C(=O)Cn2cc(N)cn2)c(C)n1. The van der Waals surface area contributed by atoms with Crippen LogP contribution < -0.4 is 5.73 Å². The minimum Gasteiger partial charge on any atom is -0.396 e. The standard InChI is InChI=1S/C13H20N6O/c1-4-18-7-11(10(2)16-18)6-17(3)13(20)9-19-8-12(14)5-15-19/h5,7-8H,4,6,9,14H2,1-3H3. The number of nitrogens with two attached hydrogens (primary N) is 1. The Hall–Kier alpha value is -2.31. The molecular weight excluding hydrogens is 256 g/mol. The lowest BCUT2D eigenvalue weighted by Gasteiger charge is -2.16. The summed E-state index contributed by atoms with van der Waals surface area (Å²) in [4.78, 5) is 13.8. The first-order valence-corrected chi connectivity index (χ1v) is 6.54. The van der Waals surface area contributed by atoms with Crippen LogP contribution in [0.1, 0.15) is 18.2 Å². The first-order chi connectivity index (χ1) is 9.49. The van der Waals surface area contributed by atoms with Crippen LogP contribution in [0.4, 0.5) is 5.69 Å². The highest BCUT2D eigenvalue weighted by Gasteiger charge is 2.13. The molecule has 0 saturated heterocycles. The number of rotatable bonds is 5. The third-order valence-electron chi connectivity index (χ3n) is 3.16. The monoisotopic (exact) mass is 276 g/mol. The van der Waals surface area contributed by atoms with Gasteiger partial charge in [0.2, 0.25) is 5.91 Å². The van der Waals surface area contributed by atoms with E-state index in [1.165, 1.54) is 10.9 Å². The molecule has 0 bridgehead atoms. The predicted octanol–water partition coefficient (Wildman–Crippen LogP) is 0.649. The Kier molecular flexibility index (Phi) is 4.07. The molecule has 0 fully saturated rings. The zero-order valence-corrected chi connectivity index (χ0v) is 12.1. The van der Waals surface area contributed by atoms with Gasteiger partial charge in [0.15, 0.2) is 0 Å². The molecule has 1 amide bonds. The molecule has 0 unspecified atom stereocenters. The van der Waals surface area contributed by atoms with Crippen molar-refractivity contribution < 1.29 is 4.79 Å². The second-order valence-electron chi connectivity index (χ2n) is 4.82. The van der Waals surface area contributed by atoms with Gasteiger partial charge in [-0.3, -0.25) is 14.2 Å². The number of nitrogen functional groups attached to an aromatic ring is 1. The normalized spacial score (nSPS) is 10.8. The average molecular weight is 276 g/mol. The minimum atomic E-state index is -0.0169. The van der Waals surface area contributed by atoms with E-state index in [4.69, 9.17) is 5.73 Å². The maximum atomic E-state index is 12.1. The maximum Gasteiger partial charge on any atom is 0.244 e. The van der Waals surface area contributed by atoms with Crippen LogP contribution in [0.25, 0.3) is 0 Å². The van der Waals surface area contributed by atoms with Gasteiger partial charge in [0, 0.05) is 38.1 Å². The van der Waals surface area contributed by atoms with Crippen LogP contribution in [-0.2, 0) is 24.4 Å². The lowest BCUT2D eigenvalue weighted by Crippen LogP contribution is -2.30. The van der Waals surface area contributed by atoms with Crippen molar-refractivity contribution in [2.45, 2.75) is 33.5 Å². The van der Waals surface area contributed by atoms with Crippen LogP contribution in [-0.4, -0.2) is 37.4 Å². The molecule has 0 aliphatic carbocycles. The molecule has 108 valence electrons. The summed E-state index contributed by atoms with van der Waals surface area (Å²) in [6, 6.07) is 0. The van der Waals surface area contributed by atoms with Gasteiger partial charge in [-0.1, -0.05) is 0 Å². The molecule has 2 aromatic rings. The number of aryl methyl sites for hydroxylation is 2. The highest BCUT2D eigenvalue weighted by atomic mass is 16.2. The molecule has 0 saturated carbocycles.